The summed E-state index contributed by atoms with van der Waals surface area (Å²) < 4.78 is 5.40. The number of carbonyl (C=O) groups excluding carboxylic acids is 3. The summed E-state index contributed by atoms with van der Waals surface area (Å²) in [5.41, 5.74) is 0.708. The average molecular weight is 359 g/mol. The minimum atomic E-state index is -0.415. The SMILES string of the molecule is CN1C(=O)COc2ccc(C(=O)N3CCN(C(=O)C(C)(C)C)CC3)cc21. The lowest BCUT2D eigenvalue weighted by atomic mass is 9.94. The van der Waals surface area contributed by atoms with Gasteiger partial charge in [-0.2, -0.15) is 0 Å². The lowest BCUT2D eigenvalue weighted by Crippen LogP contribution is -2.53. The van der Waals surface area contributed by atoms with Crippen LogP contribution in [-0.2, 0) is 9.59 Å². The second kappa shape index (κ2) is 6.63. The van der Waals surface area contributed by atoms with E-state index in [9.17, 15) is 14.4 Å². The minimum Gasteiger partial charge on any atom is -0.482 e. The predicted octanol–water partition coefficient (Wildman–Crippen LogP) is 1.37. The molecule has 26 heavy (non-hydrogen) atoms. The molecule has 7 heteroatoms. The number of likely N-dealkylation sites (N-methyl/N-ethyl adjacent to an activating group) is 1. The van der Waals surface area contributed by atoms with Crippen LogP contribution in [0.15, 0.2) is 18.2 Å². The van der Waals surface area contributed by atoms with Crippen LogP contribution in [0.5, 0.6) is 5.75 Å². The zero-order valence-electron chi connectivity index (χ0n) is 15.7. The van der Waals surface area contributed by atoms with Gasteiger partial charge in [0.25, 0.3) is 11.8 Å². The van der Waals surface area contributed by atoms with Gasteiger partial charge >= 0.3 is 0 Å². The van der Waals surface area contributed by atoms with Crippen LogP contribution in [0.4, 0.5) is 5.69 Å². The molecule has 0 atom stereocenters. The normalized spacial score (nSPS) is 17.7. The van der Waals surface area contributed by atoms with Gasteiger partial charge in [0.05, 0.1) is 5.69 Å². The molecular weight excluding hydrogens is 334 g/mol. The first kappa shape index (κ1) is 18.2. The summed E-state index contributed by atoms with van der Waals surface area (Å²) >= 11 is 0. The van der Waals surface area contributed by atoms with Gasteiger partial charge in [-0.3, -0.25) is 14.4 Å². The Bertz CT molecular complexity index is 746. The summed E-state index contributed by atoms with van der Waals surface area (Å²) in [5, 5.41) is 0. The first-order chi connectivity index (χ1) is 12.2. The molecule has 1 aromatic rings. The monoisotopic (exact) mass is 359 g/mol. The Labute approximate surface area is 153 Å². The lowest BCUT2D eigenvalue weighted by Gasteiger charge is -2.37. The quantitative estimate of drug-likeness (QED) is 0.759. The van der Waals surface area contributed by atoms with Crippen molar-refractivity contribution in [3.05, 3.63) is 23.8 Å². The maximum atomic E-state index is 12.8. The topological polar surface area (TPSA) is 70.2 Å². The largest absolute Gasteiger partial charge is 0.482 e. The number of fused-ring (bicyclic) bond motifs is 1. The molecule has 7 nitrogen and oxygen atoms in total. The van der Waals surface area contributed by atoms with Gasteiger partial charge in [-0.05, 0) is 18.2 Å². The molecule has 0 spiro atoms. The number of nitrogens with zero attached hydrogens (tertiary/aromatic N) is 3. The Balaban J connectivity index is 1.70. The second-order valence-corrected chi connectivity index (χ2v) is 7.76. The average Bonchev–Trinajstić information content (AvgIpc) is 2.63. The smallest absolute Gasteiger partial charge is 0.264 e. The van der Waals surface area contributed by atoms with Gasteiger partial charge in [0.1, 0.15) is 5.75 Å². The maximum Gasteiger partial charge on any atom is 0.264 e. The first-order valence-electron chi connectivity index (χ1n) is 8.80. The van der Waals surface area contributed by atoms with Gasteiger partial charge in [0.15, 0.2) is 6.61 Å². The van der Waals surface area contributed by atoms with Crippen molar-refractivity contribution in [1.82, 2.24) is 9.80 Å². The summed E-state index contributed by atoms with van der Waals surface area (Å²) in [4.78, 5) is 42.1. The van der Waals surface area contributed by atoms with Crippen molar-refractivity contribution in [1.29, 1.82) is 0 Å². The third kappa shape index (κ3) is 3.38. The van der Waals surface area contributed by atoms with E-state index in [0.29, 0.717) is 43.2 Å². The molecule has 0 N–H and O–H groups in total. The lowest BCUT2D eigenvalue weighted by molar-refractivity contribution is -0.140. The van der Waals surface area contributed by atoms with Crippen molar-refractivity contribution in [3.63, 3.8) is 0 Å². The Kier molecular flexibility index (Phi) is 4.64. The molecule has 0 aliphatic carbocycles. The van der Waals surface area contributed by atoms with E-state index in [0.717, 1.165) is 0 Å². The highest BCUT2D eigenvalue weighted by molar-refractivity contribution is 6.01. The van der Waals surface area contributed by atoms with Gasteiger partial charge in [-0.1, -0.05) is 20.8 Å². The van der Waals surface area contributed by atoms with Gasteiger partial charge in [-0.15, -0.1) is 0 Å². The van der Waals surface area contributed by atoms with Gasteiger partial charge in [0, 0.05) is 44.2 Å². The zero-order valence-corrected chi connectivity index (χ0v) is 15.7. The summed E-state index contributed by atoms with van der Waals surface area (Å²) in [7, 11) is 1.68. The summed E-state index contributed by atoms with van der Waals surface area (Å²) in [6, 6.07) is 5.14. The Hall–Kier alpha value is -2.57. The van der Waals surface area contributed by atoms with E-state index < -0.39 is 5.41 Å². The van der Waals surface area contributed by atoms with E-state index in [1.165, 1.54) is 4.90 Å². The van der Waals surface area contributed by atoms with E-state index >= 15 is 0 Å². The highest BCUT2D eigenvalue weighted by Gasteiger charge is 2.31. The predicted molar refractivity (Wildman–Crippen MR) is 97.3 cm³/mol. The van der Waals surface area contributed by atoms with Gasteiger partial charge in [-0.25, -0.2) is 0 Å². The highest BCUT2D eigenvalue weighted by atomic mass is 16.5. The number of benzene rings is 1. The van der Waals surface area contributed by atoms with E-state index in [4.69, 9.17) is 4.74 Å². The molecule has 0 bridgehead atoms. The highest BCUT2D eigenvalue weighted by Crippen LogP contribution is 2.32. The summed E-state index contributed by atoms with van der Waals surface area (Å²) in [6.45, 7) is 7.80. The number of carbonyl (C=O) groups is 3. The molecule has 3 rings (SSSR count). The first-order valence-corrected chi connectivity index (χ1v) is 8.80. The number of piperazine rings is 1. The van der Waals surface area contributed by atoms with E-state index in [1.807, 2.05) is 25.7 Å². The number of ether oxygens (including phenoxy) is 1. The van der Waals surface area contributed by atoms with Crippen LogP contribution in [0.2, 0.25) is 0 Å². The zero-order chi connectivity index (χ0) is 19.1. The Morgan fingerprint density at radius 2 is 1.65 bits per heavy atom. The molecular formula is C19H25N3O4. The number of rotatable bonds is 1. The van der Waals surface area contributed by atoms with Crippen LogP contribution in [0, 0.1) is 5.41 Å². The Morgan fingerprint density at radius 1 is 1.04 bits per heavy atom. The van der Waals surface area contributed by atoms with Crippen LogP contribution in [0.3, 0.4) is 0 Å². The second-order valence-electron chi connectivity index (χ2n) is 7.76. The number of hydrogen-bond donors (Lipinski definition) is 0. The fourth-order valence-corrected chi connectivity index (χ4v) is 3.17. The molecule has 0 unspecified atom stereocenters. The molecule has 0 aromatic heterocycles. The summed E-state index contributed by atoms with van der Waals surface area (Å²) in [6.07, 6.45) is 0. The van der Waals surface area contributed by atoms with E-state index in [2.05, 4.69) is 0 Å². The number of anilines is 1. The van der Waals surface area contributed by atoms with Crippen LogP contribution in [-0.4, -0.2) is 67.4 Å². The summed E-state index contributed by atoms with van der Waals surface area (Å²) in [5.74, 6) is 0.471. The fourth-order valence-electron chi connectivity index (χ4n) is 3.17. The fraction of sp³-hybridized carbons (Fsp3) is 0.526. The van der Waals surface area contributed by atoms with E-state index in [1.54, 1.807) is 30.1 Å². The van der Waals surface area contributed by atoms with Crippen LogP contribution in [0.1, 0.15) is 31.1 Å². The Morgan fingerprint density at radius 3 is 2.27 bits per heavy atom. The van der Waals surface area contributed by atoms with Crippen molar-refractivity contribution in [3.8, 4) is 5.75 Å². The molecule has 3 amide bonds. The van der Waals surface area contributed by atoms with Crippen LogP contribution >= 0.6 is 0 Å². The maximum absolute atomic E-state index is 12.8. The molecule has 2 aliphatic heterocycles. The van der Waals surface area contributed by atoms with Crippen molar-refractivity contribution in [2.45, 2.75) is 20.8 Å². The minimum absolute atomic E-state index is 0.0144. The van der Waals surface area contributed by atoms with Crippen molar-refractivity contribution >= 4 is 23.4 Å². The molecule has 2 aliphatic rings. The molecule has 140 valence electrons. The van der Waals surface area contributed by atoms with Crippen LogP contribution in [0.25, 0.3) is 0 Å². The van der Waals surface area contributed by atoms with Crippen molar-refractivity contribution in [2.75, 3.05) is 44.7 Å². The third-order valence-electron chi connectivity index (χ3n) is 4.79. The van der Waals surface area contributed by atoms with Gasteiger partial charge in [0.2, 0.25) is 5.91 Å². The van der Waals surface area contributed by atoms with Crippen molar-refractivity contribution < 1.29 is 19.1 Å². The molecule has 1 aromatic carbocycles. The molecule has 0 saturated carbocycles. The van der Waals surface area contributed by atoms with Crippen LogP contribution < -0.4 is 9.64 Å². The molecule has 2 heterocycles. The molecule has 1 fully saturated rings. The molecule has 0 radical (unpaired) electrons. The number of hydrogen-bond acceptors (Lipinski definition) is 4. The third-order valence-corrected chi connectivity index (χ3v) is 4.79. The van der Waals surface area contributed by atoms with E-state index in [-0.39, 0.29) is 24.3 Å². The standard InChI is InChI=1S/C19H25N3O4/c1-19(2,3)18(25)22-9-7-21(8-10-22)17(24)13-5-6-15-14(11-13)20(4)16(23)12-26-15/h5-6,11H,7-10,12H2,1-4H3. The molecule has 1 saturated heterocycles. The number of amides is 3. The van der Waals surface area contributed by atoms with Crippen molar-refractivity contribution in [2.24, 2.45) is 5.41 Å². The van der Waals surface area contributed by atoms with Gasteiger partial charge < -0.3 is 19.4 Å².